The Kier molecular flexibility index (Phi) is 12.8. The molecule has 0 saturated heterocycles. The smallest absolute Gasteiger partial charge is 0.450 e. The maximum absolute atomic E-state index is 8.56. The van der Waals surface area contributed by atoms with Crippen LogP contribution in [-0.2, 0) is 0 Å². The highest BCUT2D eigenvalue weighted by atomic mass is 32.1. The Morgan fingerprint density at radius 3 is 1.71 bits per heavy atom. The Morgan fingerprint density at radius 1 is 1.71 bits per heavy atom. The van der Waals surface area contributed by atoms with E-state index in [1.807, 2.05) is 6.92 Å². The first-order valence-electron chi connectivity index (χ1n) is 1.67. The van der Waals surface area contributed by atoms with E-state index < -0.39 is 6.16 Å². The molecule has 0 aliphatic rings. The number of thiol groups is 1. The molecule has 0 saturated carbocycles. The van der Waals surface area contributed by atoms with Gasteiger partial charge in [0.1, 0.15) is 0 Å². The van der Waals surface area contributed by atoms with E-state index in [0.29, 0.717) is 0 Å². The molecule has 0 aliphatic carbocycles. The standard InChI is InChI=1S/C2H6S.CH2O3/c1-2-3;2-1(3)4/h3H,2H2,1H3;(H2,2,3,4). The third-order valence-corrected chi connectivity index (χ3v) is 0. The predicted octanol–water partition coefficient (Wildman–Crippen LogP) is 1.16. The highest BCUT2D eigenvalue weighted by Crippen LogP contribution is 1.58. The molecule has 0 aliphatic heterocycles. The molecule has 3 nitrogen and oxygen atoms in total. The fourth-order valence-electron chi connectivity index (χ4n) is 0. The van der Waals surface area contributed by atoms with Crippen molar-refractivity contribution in [3.8, 4) is 0 Å². The summed E-state index contributed by atoms with van der Waals surface area (Å²) in [4.78, 5) is 8.56. The summed E-state index contributed by atoms with van der Waals surface area (Å²) in [5.74, 6) is 0.944. The van der Waals surface area contributed by atoms with Crippen molar-refractivity contribution in [1.82, 2.24) is 0 Å². The van der Waals surface area contributed by atoms with E-state index in [1.165, 1.54) is 0 Å². The molecule has 0 radical (unpaired) electrons. The van der Waals surface area contributed by atoms with Crippen molar-refractivity contribution < 1.29 is 15.0 Å². The van der Waals surface area contributed by atoms with E-state index in [9.17, 15) is 0 Å². The van der Waals surface area contributed by atoms with Crippen molar-refractivity contribution in [3.63, 3.8) is 0 Å². The first-order chi connectivity index (χ1) is 3.15. The summed E-state index contributed by atoms with van der Waals surface area (Å²) >= 11 is 3.79. The molecule has 0 rings (SSSR count). The van der Waals surface area contributed by atoms with E-state index in [4.69, 9.17) is 15.0 Å². The molecule has 0 amide bonds. The molecule has 0 spiro atoms. The van der Waals surface area contributed by atoms with Gasteiger partial charge in [0.15, 0.2) is 0 Å². The van der Waals surface area contributed by atoms with E-state index in [1.54, 1.807) is 0 Å². The van der Waals surface area contributed by atoms with Crippen LogP contribution in [0.3, 0.4) is 0 Å². The molecule has 0 heterocycles. The van der Waals surface area contributed by atoms with Crippen molar-refractivity contribution in [1.29, 1.82) is 0 Å². The minimum absolute atomic E-state index is 0.944. The average molecular weight is 124 g/mol. The van der Waals surface area contributed by atoms with Gasteiger partial charge >= 0.3 is 6.16 Å². The van der Waals surface area contributed by atoms with Crippen LogP contribution in [0.25, 0.3) is 0 Å². The van der Waals surface area contributed by atoms with Crippen molar-refractivity contribution in [3.05, 3.63) is 0 Å². The number of hydrogen-bond acceptors (Lipinski definition) is 2. The van der Waals surface area contributed by atoms with Gasteiger partial charge in [0.2, 0.25) is 0 Å². The summed E-state index contributed by atoms with van der Waals surface area (Å²) in [6, 6.07) is 0. The van der Waals surface area contributed by atoms with Crippen LogP contribution >= 0.6 is 12.6 Å². The van der Waals surface area contributed by atoms with E-state index in [2.05, 4.69) is 12.6 Å². The zero-order valence-corrected chi connectivity index (χ0v) is 4.85. The van der Waals surface area contributed by atoms with E-state index in [-0.39, 0.29) is 0 Å². The lowest BCUT2D eigenvalue weighted by Gasteiger charge is -1.60. The van der Waals surface area contributed by atoms with Gasteiger partial charge in [0.05, 0.1) is 0 Å². The second kappa shape index (κ2) is 9.15. The van der Waals surface area contributed by atoms with Gasteiger partial charge in [-0.2, -0.15) is 12.6 Å². The highest BCUT2D eigenvalue weighted by Gasteiger charge is 1.70. The molecule has 0 aromatic carbocycles. The average Bonchev–Trinajstić information content (AvgIpc) is 1.33. The van der Waals surface area contributed by atoms with Gasteiger partial charge in [-0.3, -0.25) is 0 Å². The third-order valence-electron chi connectivity index (χ3n) is 0. The first kappa shape index (κ1) is 9.80. The normalized spacial score (nSPS) is 6.00. The van der Waals surface area contributed by atoms with Crippen LogP contribution in [0, 0.1) is 0 Å². The van der Waals surface area contributed by atoms with Gasteiger partial charge in [-0.15, -0.1) is 0 Å². The molecule has 2 N–H and O–H groups in total. The number of carboxylic acid groups (broad SMARTS) is 2. The van der Waals surface area contributed by atoms with Crippen molar-refractivity contribution >= 4 is 18.8 Å². The van der Waals surface area contributed by atoms with Crippen molar-refractivity contribution in [2.24, 2.45) is 0 Å². The first-order valence-corrected chi connectivity index (χ1v) is 2.31. The second-order valence-corrected chi connectivity index (χ2v) is 1.23. The molecular weight excluding hydrogens is 116 g/mol. The molecule has 0 bridgehead atoms. The Labute approximate surface area is 47.4 Å². The molecule has 7 heavy (non-hydrogen) atoms. The highest BCUT2D eigenvalue weighted by molar-refractivity contribution is 7.80. The number of rotatable bonds is 0. The van der Waals surface area contributed by atoms with Gasteiger partial charge < -0.3 is 10.2 Å². The predicted molar refractivity (Wildman–Crippen MR) is 30.2 cm³/mol. The Morgan fingerprint density at radius 2 is 1.71 bits per heavy atom. The molecule has 0 unspecified atom stereocenters. The summed E-state index contributed by atoms with van der Waals surface area (Å²) in [7, 11) is 0. The molecular formula is C3H8O3S. The quantitative estimate of drug-likeness (QED) is 0.425. The van der Waals surface area contributed by atoms with Crippen LogP contribution in [0.4, 0.5) is 4.79 Å². The summed E-state index contributed by atoms with van der Waals surface area (Å²) in [6.07, 6.45) is -1.83. The lowest BCUT2D eigenvalue weighted by atomic mass is 11.0. The number of hydrogen-bond donors (Lipinski definition) is 3. The van der Waals surface area contributed by atoms with Gasteiger partial charge in [-0.25, -0.2) is 4.79 Å². The molecule has 0 aromatic rings. The van der Waals surface area contributed by atoms with E-state index in [0.717, 1.165) is 5.75 Å². The minimum atomic E-state index is -1.83. The minimum Gasteiger partial charge on any atom is -0.450 e. The maximum atomic E-state index is 8.56. The summed E-state index contributed by atoms with van der Waals surface area (Å²) < 4.78 is 0. The summed E-state index contributed by atoms with van der Waals surface area (Å²) in [5.41, 5.74) is 0. The maximum Gasteiger partial charge on any atom is 0.503 e. The van der Waals surface area contributed by atoms with Gasteiger partial charge in [-0.05, 0) is 5.75 Å². The van der Waals surface area contributed by atoms with Gasteiger partial charge in [0, 0.05) is 0 Å². The van der Waals surface area contributed by atoms with Crippen LogP contribution < -0.4 is 0 Å². The van der Waals surface area contributed by atoms with Gasteiger partial charge in [0.25, 0.3) is 0 Å². The second-order valence-electron chi connectivity index (χ2n) is 0.599. The summed E-state index contributed by atoms with van der Waals surface area (Å²) in [5, 5.41) is 13.9. The molecule has 0 fully saturated rings. The van der Waals surface area contributed by atoms with Crippen LogP contribution in [0.1, 0.15) is 6.92 Å². The molecule has 0 aromatic heterocycles. The Bertz CT molecular complexity index is 41.4. The molecule has 4 heteroatoms. The largest absolute Gasteiger partial charge is 0.503 e. The summed E-state index contributed by atoms with van der Waals surface area (Å²) in [6.45, 7) is 1.99. The lowest BCUT2D eigenvalue weighted by Crippen LogP contribution is -1.81. The van der Waals surface area contributed by atoms with Gasteiger partial charge in [-0.1, -0.05) is 6.92 Å². The van der Waals surface area contributed by atoms with E-state index >= 15 is 0 Å². The molecule has 44 valence electrons. The van der Waals surface area contributed by atoms with Crippen LogP contribution in [0.5, 0.6) is 0 Å². The Balaban J connectivity index is 0. The third kappa shape index (κ3) is 510. The van der Waals surface area contributed by atoms with Crippen LogP contribution in [0.2, 0.25) is 0 Å². The monoisotopic (exact) mass is 124 g/mol. The fraction of sp³-hybridized carbons (Fsp3) is 0.667. The SMILES string of the molecule is CCS.O=C(O)O. The molecule has 0 atom stereocenters. The van der Waals surface area contributed by atoms with Crippen molar-refractivity contribution in [2.45, 2.75) is 6.92 Å². The Hall–Kier alpha value is -0.380. The zero-order valence-electron chi connectivity index (χ0n) is 3.96. The van der Waals surface area contributed by atoms with Crippen LogP contribution in [-0.4, -0.2) is 22.1 Å². The van der Waals surface area contributed by atoms with Crippen molar-refractivity contribution in [2.75, 3.05) is 5.75 Å². The fourth-order valence-corrected chi connectivity index (χ4v) is 0. The zero-order chi connectivity index (χ0) is 6.28. The van der Waals surface area contributed by atoms with Crippen LogP contribution in [0.15, 0.2) is 0 Å². The number of carbonyl (C=O) groups is 1. The lowest BCUT2D eigenvalue weighted by molar-refractivity contribution is 0.137. The topological polar surface area (TPSA) is 57.5 Å².